The molecule has 3 unspecified atom stereocenters. The van der Waals surface area contributed by atoms with Crippen molar-refractivity contribution in [1.29, 1.82) is 0 Å². The molecule has 3 atom stereocenters. The van der Waals surface area contributed by atoms with Gasteiger partial charge >= 0.3 is 5.97 Å². The number of ether oxygens (including phenoxy) is 1. The Kier molecular flexibility index (Phi) is 2.14. The zero-order chi connectivity index (χ0) is 10.3. The van der Waals surface area contributed by atoms with Gasteiger partial charge in [-0.3, -0.25) is 4.79 Å². The lowest BCUT2D eigenvalue weighted by Gasteiger charge is -2.27. The van der Waals surface area contributed by atoms with Crippen LogP contribution in [0.15, 0.2) is 12.2 Å². The van der Waals surface area contributed by atoms with Crippen molar-refractivity contribution in [2.24, 2.45) is 11.8 Å². The maximum absolute atomic E-state index is 11.7. The molecule has 0 saturated carbocycles. The van der Waals surface area contributed by atoms with Crippen molar-refractivity contribution in [2.75, 3.05) is 6.54 Å². The molecule has 0 aromatic carbocycles. The van der Waals surface area contributed by atoms with E-state index in [-0.39, 0.29) is 17.6 Å². The van der Waals surface area contributed by atoms with E-state index in [1.807, 2.05) is 20.8 Å². The first-order valence-corrected chi connectivity index (χ1v) is 5.12. The van der Waals surface area contributed by atoms with E-state index in [0.29, 0.717) is 11.8 Å². The van der Waals surface area contributed by atoms with Gasteiger partial charge in [0, 0.05) is 12.5 Å². The van der Waals surface area contributed by atoms with E-state index in [0.717, 1.165) is 6.54 Å². The van der Waals surface area contributed by atoms with Crippen LogP contribution in [0.2, 0.25) is 0 Å². The molecule has 1 fully saturated rings. The van der Waals surface area contributed by atoms with Gasteiger partial charge in [-0.05, 0) is 26.7 Å². The summed E-state index contributed by atoms with van der Waals surface area (Å²) in [6, 6.07) is -0.121. The average molecular weight is 195 g/mol. The highest BCUT2D eigenvalue weighted by molar-refractivity contribution is 5.78. The van der Waals surface area contributed by atoms with E-state index in [9.17, 15) is 4.79 Å². The minimum absolute atomic E-state index is 0.116. The number of esters is 1. The predicted molar refractivity (Wildman–Crippen MR) is 53.8 cm³/mol. The van der Waals surface area contributed by atoms with Crippen LogP contribution in [-0.4, -0.2) is 24.2 Å². The molecule has 0 radical (unpaired) electrons. The lowest BCUT2D eigenvalue weighted by Crippen LogP contribution is -2.41. The SMILES string of the molecule is CC(C)(C)OC(=O)C1NCC2C=CC21. The lowest BCUT2D eigenvalue weighted by molar-refractivity contribution is -0.157. The van der Waals surface area contributed by atoms with Crippen LogP contribution in [0.1, 0.15) is 20.8 Å². The first-order chi connectivity index (χ1) is 6.47. The van der Waals surface area contributed by atoms with Crippen LogP contribution in [0.25, 0.3) is 0 Å². The van der Waals surface area contributed by atoms with Crippen LogP contribution in [-0.2, 0) is 9.53 Å². The molecule has 3 heteroatoms. The largest absolute Gasteiger partial charge is 0.459 e. The van der Waals surface area contributed by atoms with Gasteiger partial charge in [-0.25, -0.2) is 0 Å². The standard InChI is InChI=1S/C11H17NO2/c1-11(2,3)14-10(13)9-8-5-4-7(8)6-12-9/h4-5,7-9,12H,6H2,1-3H3. The van der Waals surface area contributed by atoms with Crippen molar-refractivity contribution >= 4 is 5.97 Å². The summed E-state index contributed by atoms with van der Waals surface area (Å²) in [6.07, 6.45) is 4.25. The molecule has 78 valence electrons. The molecule has 2 rings (SSSR count). The second-order valence-corrected chi connectivity index (χ2v) is 5.05. The number of rotatable bonds is 1. The number of nitrogens with one attached hydrogen (secondary N) is 1. The molecule has 1 aliphatic heterocycles. The third kappa shape index (κ3) is 1.69. The fourth-order valence-corrected chi connectivity index (χ4v) is 1.96. The first kappa shape index (κ1) is 9.71. The van der Waals surface area contributed by atoms with Crippen LogP contribution < -0.4 is 5.32 Å². The zero-order valence-corrected chi connectivity index (χ0v) is 8.91. The predicted octanol–water partition coefficient (Wildman–Crippen LogP) is 1.10. The highest BCUT2D eigenvalue weighted by Crippen LogP contribution is 2.33. The van der Waals surface area contributed by atoms with Gasteiger partial charge in [0.15, 0.2) is 0 Å². The van der Waals surface area contributed by atoms with Crippen LogP contribution in [0.4, 0.5) is 0 Å². The summed E-state index contributed by atoms with van der Waals surface area (Å²) in [5, 5.41) is 3.20. The van der Waals surface area contributed by atoms with Crippen LogP contribution >= 0.6 is 0 Å². The Hall–Kier alpha value is -0.830. The van der Waals surface area contributed by atoms with Crippen molar-refractivity contribution in [3.8, 4) is 0 Å². The molecule has 2 aliphatic rings. The second-order valence-electron chi connectivity index (χ2n) is 5.05. The Morgan fingerprint density at radius 2 is 2.14 bits per heavy atom. The number of carbonyl (C=O) groups is 1. The smallest absolute Gasteiger partial charge is 0.324 e. The van der Waals surface area contributed by atoms with E-state index in [2.05, 4.69) is 17.5 Å². The molecular formula is C11H17NO2. The molecule has 0 aromatic heterocycles. The van der Waals surface area contributed by atoms with E-state index >= 15 is 0 Å². The minimum Gasteiger partial charge on any atom is -0.459 e. The first-order valence-electron chi connectivity index (χ1n) is 5.12. The monoisotopic (exact) mass is 195 g/mol. The molecule has 0 spiro atoms. The highest BCUT2D eigenvalue weighted by atomic mass is 16.6. The van der Waals surface area contributed by atoms with Crippen molar-refractivity contribution in [3.63, 3.8) is 0 Å². The summed E-state index contributed by atoms with van der Waals surface area (Å²) >= 11 is 0. The van der Waals surface area contributed by atoms with Crippen molar-refractivity contribution in [2.45, 2.75) is 32.4 Å². The Bertz CT molecular complexity index is 278. The Labute approximate surface area is 84.5 Å². The normalized spacial score (nSPS) is 34.9. The van der Waals surface area contributed by atoms with E-state index < -0.39 is 0 Å². The molecule has 0 bridgehead atoms. The van der Waals surface area contributed by atoms with E-state index in [4.69, 9.17) is 4.74 Å². The van der Waals surface area contributed by atoms with Crippen molar-refractivity contribution in [3.05, 3.63) is 12.2 Å². The van der Waals surface area contributed by atoms with E-state index in [1.165, 1.54) is 0 Å². The van der Waals surface area contributed by atoms with Crippen LogP contribution in [0.5, 0.6) is 0 Å². The molecule has 0 amide bonds. The van der Waals surface area contributed by atoms with Gasteiger partial charge in [-0.2, -0.15) is 0 Å². The highest BCUT2D eigenvalue weighted by Gasteiger charge is 2.43. The van der Waals surface area contributed by atoms with Gasteiger partial charge in [-0.1, -0.05) is 12.2 Å². The Balaban J connectivity index is 1.96. The van der Waals surface area contributed by atoms with Gasteiger partial charge in [0.1, 0.15) is 11.6 Å². The third-order valence-electron chi connectivity index (χ3n) is 2.69. The summed E-state index contributed by atoms with van der Waals surface area (Å²) in [5.41, 5.74) is -0.385. The van der Waals surface area contributed by atoms with Gasteiger partial charge in [0.05, 0.1) is 0 Å². The van der Waals surface area contributed by atoms with Gasteiger partial charge < -0.3 is 10.1 Å². The second kappa shape index (κ2) is 3.09. The molecule has 3 nitrogen and oxygen atoms in total. The number of fused-ring (bicyclic) bond motifs is 1. The maximum atomic E-state index is 11.7. The number of hydrogen-bond acceptors (Lipinski definition) is 3. The topological polar surface area (TPSA) is 38.3 Å². The van der Waals surface area contributed by atoms with Crippen LogP contribution in [0, 0.1) is 11.8 Å². The Morgan fingerprint density at radius 1 is 1.43 bits per heavy atom. The number of carbonyl (C=O) groups excluding carboxylic acids is 1. The van der Waals surface area contributed by atoms with Gasteiger partial charge in [0.25, 0.3) is 0 Å². The van der Waals surface area contributed by atoms with Crippen LogP contribution in [0.3, 0.4) is 0 Å². The summed E-state index contributed by atoms with van der Waals surface area (Å²) in [6.45, 7) is 6.60. The van der Waals surface area contributed by atoms with Gasteiger partial charge in [0.2, 0.25) is 0 Å². The lowest BCUT2D eigenvalue weighted by atomic mass is 9.81. The molecule has 1 N–H and O–H groups in total. The fourth-order valence-electron chi connectivity index (χ4n) is 1.96. The maximum Gasteiger partial charge on any atom is 0.324 e. The summed E-state index contributed by atoms with van der Waals surface area (Å²) < 4.78 is 5.34. The summed E-state index contributed by atoms with van der Waals surface area (Å²) in [7, 11) is 0. The number of hydrogen-bond donors (Lipinski definition) is 1. The van der Waals surface area contributed by atoms with Crippen molar-refractivity contribution in [1.82, 2.24) is 5.32 Å². The van der Waals surface area contributed by atoms with Crippen molar-refractivity contribution < 1.29 is 9.53 Å². The molecule has 0 aromatic rings. The molecule has 1 aliphatic carbocycles. The van der Waals surface area contributed by atoms with E-state index in [1.54, 1.807) is 0 Å². The third-order valence-corrected chi connectivity index (χ3v) is 2.69. The fraction of sp³-hybridized carbons (Fsp3) is 0.727. The molecule has 1 saturated heterocycles. The molecule has 1 heterocycles. The minimum atomic E-state index is -0.385. The average Bonchev–Trinajstić information content (AvgIpc) is 2.22. The molecular weight excluding hydrogens is 178 g/mol. The summed E-state index contributed by atoms with van der Waals surface area (Å²) in [4.78, 5) is 11.7. The Morgan fingerprint density at radius 3 is 2.57 bits per heavy atom. The summed E-state index contributed by atoms with van der Waals surface area (Å²) in [5.74, 6) is 0.798. The molecule has 14 heavy (non-hydrogen) atoms. The van der Waals surface area contributed by atoms with Gasteiger partial charge in [-0.15, -0.1) is 0 Å². The quantitative estimate of drug-likeness (QED) is 0.503. The zero-order valence-electron chi connectivity index (χ0n) is 8.91.